The first-order valence-corrected chi connectivity index (χ1v) is 5.81. The summed E-state index contributed by atoms with van der Waals surface area (Å²) in [5.41, 5.74) is 5.49. The van der Waals surface area contributed by atoms with Crippen LogP contribution < -0.4 is 5.73 Å². The first-order chi connectivity index (χ1) is 9.11. The van der Waals surface area contributed by atoms with Crippen LogP contribution in [0.3, 0.4) is 0 Å². The van der Waals surface area contributed by atoms with E-state index in [-0.39, 0.29) is 24.2 Å². The minimum Gasteiger partial charge on any atom is -0.396 e. The third-order valence-corrected chi connectivity index (χ3v) is 2.63. The van der Waals surface area contributed by atoms with Crippen LogP contribution in [0.1, 0.15) is 16.8 Å². The molecule has 0 saturated heterocycles. The van der Waals surface area contributed by atoms with Crippen molar-refractivity contribution in [2.75, 3.05) is 32.5 Å². The van der Waals surface area contributed by atoms with Crippen molar-refractivity contribution in [3.8, 4) is 6.07 Å². The Labute approximate surface area is 111 Å². The fraction of sp³-hybridized carbons (Fsp3) is 0.385. The largest absolute Gasteiger partial charge is 0.396 e. The number of hydrogen-bond acceptors (Lipinski definition) is 4. The van der Waals surface area contributed by atoms with Crippen molar-refractivity contribution < 1.29 is 13.9 Å². The Morgan fingerprint density at radius 2 is 2.26 bits per heavy atom. The molecule has 0 fully saturated rings. The zero-order chi connectivity index (χ0) is 14.3. The standard InChI is InChI=1S/C13H16FN3O2/c1-19-9-8-17(7-3-6-15)13(18)10-4-2-5-11(14)12(10)16/h2,4-5H,3,7-9,16H2,1H3. The van der Waals surface area contributed by atoms with Crippen molar-refractivity contribution in [2.24, 2.45) is 0 Å². The van der Waals surface area contributed by atoms with Crippen LogP contribution in [0.4, 0.5) is 10.1 Å². The molecule has 2 N–H and O–H groups in total. The molecular weight excluding hydrogens is 249 g/mol. The van der Waals surface area contributed by atoms with Crippen LogP contribution in [-0.2, 0) is 4.74 Å². The van der Waals surface area contributed by atoms with Crippen molar-refractivity contribution in [2.45, 2.75) is 6.42 Å². The summed E-state index contributed by atoms with van der Waals surface area (Å²) < 4.78 is 18.2. The second-order valence-electron chi connectivity index (χ2n) is 3.89. The quantitative estimate of drug-likeness (QED) is 0.789. The first kappa shape index (κ1) is 14.9. The van der Waals surface area contributed by atoms with Gasteiger partial charge in [-0.15, -0.1) is 0 Å². The van der Waals surface area contributed by atoms with Crippen LogP contribution >= 0.6 is 0 Å². The number of methoxy groups -OCH3 is 1. The van der Waals surface area contributed by atoms with E-state index in [1.807, 2.05) is 6.07 Å². The molecular formula is C13H16FN3O2. The Bertz CT molecular complexity index is 485. The summed E-state index contributed by atoms with van der Waals surface area (Å²) in [5.74, 6) is -1.03. The number of nitrogens with two attached hydrogens (primary N) is 1. The van der Waals surface area contributed by atoms with Gasteiger partial charge in [-0.25, -0.2) is 4.39 Å². The number of ether oxygens (including phenoxy) is 1. The molecule has 5 nitrogen and oxygen atoms in total. The maximum absolute atomic E-state index is 13.3. The zero-order valence-corrected chi connectivity index (χ0v) is 10.7. The zero-order valence-electron chi connectivity index (χ0n) is 10.7. The molecule has 0 atom stereocenters. The molecule has 0 aliphatic rings. The predicted octanol–water partition coefficient (Wildman–Crippen LogP) is 1.41. The molecule has 6 heteroatoms. The van der Waals surface area contributed by atoms with Crippen LogP contribution in [0.15, 0.2) is 18.2 Å². The van der Waals surface area contributed by atoms with Gasteiger partial charge in [0, 0.05) is 20.2 Å². The Morgan fingerprint density at radius 1 is 1.53 bits per heavy atom. The summed E-state index contributed by atoms with van der Waals surface area (Å²) in [6.45, 7) is 0.925. The van der Waals surface area contributed by atoms with Gasteiger partial charge in [-0.3, -0.25) is 4.79 Å². The highest BCUT2D eigenvalue weighted by Gasteiger charge is 2.19. The van der Waals surface area contributed by atoms with E-state index in [1.165, 1.54) is 30.2 Å². The lowest BCUT2D eigenvalue weighted by atomic mass is 10.1. The fourth-order valence-electron chi connectivity index (χ4n) is 1.60. The molecule has 102 valence electrons. The third-order valence-electron chi connectivity index (χ3n) is 2.63. The number of carbonyl (C=O) groups excluding carboxylic acids is 1. The number of benzene rings is 1. The molecule has 0 aliphatic carbocycles. The number of anilines is 1. The Hall–Kier alpha value is -2.13. The Morgan fingerprint density at radius 3 is 2.89 bits per heavy atom. The summed E-state index contributed by atoms with van der Waals surface area (Å²) in [6.07, 6.45) is 0.199. The number of carbonyl (C=O) groups is 1. The number of nitrogen functional groups attached to an aromatic ring is 1. The number of rotatable bonds is 6. The highest BCUT2D eigenvalue weighted by Crippen LogP contribution is 2.17. The van der Waals surface area contributed by atoms with Gasteiger partial charge in [0.1, 0.15) is 5.82 Å². The second-order valence-corrected chi connectivity index (χ2v) is 3.89. The molecule has 1 amide bonds. The van der Waals surface area contributed by atoms with Gasteiger partial charge in [-0.05, 0) is 12.1 Å². The van der Waals surface area contributed by atoms with Gasteiger partial charge in [0.15, 0.2) is 0 Å². The van der Waals surface area contributed by atoms with Crippen LogP contribution in [-0.4, -0.2) is 37.6 Å². The van der Waals surface area contributed by atoms with Crippen molar-refractivity contribution in [3.05, 3.63) is 29.6 Å². The molecule has 0 radical (unpaired) electrons. The van der Waals surface area contributed by atoms with Gasteiger partial charge < -0.3 is 15.4 Å². The third kappa shape index (κ3) is 3.93. The maximum Gasteiger partial charge on any atom is 0.256 e. The molecule has 1 aromatic carbocycles. The predicted molar refractivity (Wildman–Crippen MR) is 68.8 cm³/mol. The molecule has 1 aromatic rings. The highest BCUT2D eigenvalue weighted by molar-refractivity contribution is 5.99. The number of amides is 1. The summed E-state index contributed by atoms with van der Waals surface area (Å²) >= 11 is 0. The van der Waals surface area contributed by atoms with E-state index in [2.05, 4.69) is 0 Å². The maximum atomic E-state index is 13.3. The molecule has 0 bridgehead atoms. The number of nitriles is 1. The lowest BCUT2D eigenvalue weighted by Gasteiger charge is -2.22. The monoisotopic (exact) mass is 265 g/mol. The molecule has 0 unspecified atom stereocenters. The van der Waals surface area contributed by atoms with Crippen molar-refractivity contribution in [1.29, 1.82) is 5.26 Å². The molecule has 0 spiro atoms. The number of halogens is 1. The van der Waals surface area contributed by atoms with Gasteiger partial charge in [0.2, 0.25) is 0 Å². The topological polar surface area (TPSA) is 79.3 Å². The van der Waals surface area contributed by atoms with E-state index in [1.54, 1.807) is 0 Å². The minimum atomic E-state index is -0.627. The normalized spacial score (nSPS) is 9.95. The highest BCUT2D eigenvalue weighted by atomic mass is 19.1. The van der Waals surface area contributed by atoms with E-state index in [0.29, 0.717) is 13.2 Å². The Kier molecular flexibility index (Phi) is 5.76. The molecule has 19 heavy (non-hydrogen) atoms. The summed E-state index contributed by atoms with van der Waals surface area (Å²) in [7, 11) is 1.52. The van der Waals surface area contributed by atoms with Crippen LogP contribution in [0, 0.1) is 17.1 Å². The van der Waals surface area contributed by atoms with E-state index in [0.717, 1.165) is 0 Å². The average molecular weight is 265 g/mol. The van der Waals surface area contributed by atoms with Gasteiger partial charge in [-0.2, -0.15) is 5.26 Å². The lowest BCUT2D eigenvalue weighted by molar-refractivity contribution is 0.0700. The average Bonchev–Trinajstić information content (AvgIpc) is 2.41. The van der Waals surface area contributed by atoms with Crippen LogP contribution in [0.25, 0.3) is 0 Å². The summed E-state index contributed by atoms with van der Waals surface area (Å²) in [6, 6.07) is 6.06. The minimum absolute atomic E-state index is 0.106. The second kappa shape index (κ2) is 7.34. The molecule has 0 aliphatic heterocycles. The van der Waals surface area contributed by atoms with Gasteiger partial charge in [0.25, 0.3) is 5.91 Å². The lowest BCUT2D eigenvalue weighted by Crippen LogP contribution is -2.35. The SMILES string of the molecule is COCCN(CCC#N)C(=O)c1cccc(F)c1N. The van der Waals surface area contributed by atoms with Crippen LogP contribution in [0.2, 0.25) is 0 Å². The van der Waals surface area contributed by atoms with E-state index in [4.69, 9.17) is 15.7 Å². The van der Waals surface area contributed by atoms with E-state index < -0.39 is 11.7 Å². The Balaban J connectivity index is 2.91. The summed E-state index contributed by atoms with van der Waals surface area (Å²) in [5, 5.41) is 8.59. The van der Waals surface area contributed by atoms with Crippen molar-refractivity contribution >= 4 is 11.6 Å². The van der Waals surface area contributed by atoms with Crippen molar-refractivity contribution in [1.82, 2.24) is 4.90 Å². The molecule has 1 rings (SSSR count). The first-order valence-electron chi connectivity index (χ1n) is 5.81. The van der Waals surface area contributed by atoms with Gasteiger partial charge in [-0.1, -0.05) is 6.07 Å². The molecule has 0 saturated carbocycles. The fourth-order valence-corrected chi connectivity index (χ4v) is 1.60. The molecule has 0 aromatic heterocycles. The summed E-state index contributed by atoms with van der Waals surface area (Å²) in [4.78, 5) is 13.7. The van der Waals surface area contributed by atoms with Gasteiger partial charge >= 0.3 is 0 Å². The van der Waals surface area contributed by atoms with Gasteiger partial charge in [0.05, 0.1) is 30.3 Å². The van der Waals surface area contributed by atoms with Crippen LogP contribution in [0.5, 0.6) is 0 Å². The van der Waals surface area contributed by atoms with Crippen molar-refractivity contribution in [3.63, 3.8) is 0 Å². The van der Waals surface area contributed by atoms with E-state index in [9.17, 15) is 9.18 Å². The number of nitrogens with zero attached hydrogens (tertiary/aromatic N) is 2. The number of para-hydroxylation sites is 1. The number of hydrogen-bond donors (Lipinski definition) is 1. The van der Waals surface area contributed by atoms with E-state index >= 15 is 0 Å². The smallest absolute Gasteiger partial charge is 0.256 e. The molecule has 0 heterocycles.